The van der Waals surface area contributed by atoms with Crippen LogP contribution in [0, 0.1) is 23.2 Å². The molecule has 3 heteroatoms. The van der Waals surface area contributed by atoms with E-state index in [2.05, 4.69) is 39.2 Å². The van der Waals surface area contributed by atoms with E-state index in [0.717, 1.165) is 38.0 Å². The van der Waals surface area contributed by atoms with Crippen LogP contribution in [0.15, 0.2) is 48.1 Å². The molecule has 33 heavy (non-hydrogen) atoms. The van der Waals surface area contributed by atoms with Crippen molar-refractivity contribution in [1.29, 1.82) is 0 Å². The fourth-order valence-corrected chi connectivity index (χ4v) is 6.97. The Labute approximate surface area is 202 Å². The molecule has 0 saturated heterocycles. The van der Waals surface area contributed by atoms with Crippen LogP contribution >= 0.6 is 0 Å². The number of ether oxygens (including phenoxy) is 1. The second kappa shape index (κ2) is 10.8. The number of carbonyl (C=O) groups is 1. The predicted octanol–water partition coefficient (Wildman–Crippen LogP) is 7.47. The van der Waals surface area contributed by atoms with E-state index in [0.29, 0.717) is 17.3 Å². The first-order chi connectivity index (χ1) is 15.5. The molecular formula is C30H46O3. The fourth-order valence-electron chi connectivity index (χ4n) is 6.97. The van der Waals surface area contributed by atoms with Crippen molar-refractivity contribution in [3.05, 3.63) is 48.1 Å². The predicted molar refractivity (Wildman–Crippen MR) is 137 cm³/mol. The third kappa shape index (κ3) is 6.50. The molecule has 0 aromatic rings. The van der Waals surface area contributed by atoms with Crippen LogP contribution < -0.4 is 0 Å². The molecule has 0 bridgehead atoms. The largest absolute Gasteiger partial charge is 0.459 e. The van der Waals surface area contributed by atoms with Crippen LogP contribution in [0.2, 0.25) is 0 Å². The minimum atomic E-state index is -0.553. The Balaban J connectivity index is 1.68. The molecule has 3 saturated carbocycles. The quantitative estimate of drug-likeness (QED) is 0.306. The lowest BCUT2D eigenvalue weighted by Gasteiger charge is -2.44. The van der Waals surface area contributed by atoms with Crippen molar-refractivity contribution < 1.29 is 14.6 Å². The monoisotopic (exact) mass is 454 g/mol. The summed E-state index contributed by atoms with van der Waals surface area (Å²) in [5.74, 6) is 1.82. The number of esters is 1. The first-order valence-electron chi connectivity index (χ1n) is 13.2. The maximum absolute atomic E-state index is 11.6. The van der Waals surface area contributed by atoms with Crippen molar-refractivity contribution in [2.45, 2.75) is 110 Å². The highest BCUT2D eigenvalue weighted by molar-refractivity contribution is 5.81. The summed E-state index contributed by atoms with van der Waals surface area (Å²) in [6.45, 7) is 16.6. The maximum atomic E-state index is 11.6. The van der Waals surface area contributed by atoms with Gasteiger partial charge in [0, 0.05) is 12.5 Å². The van der Waals surface area contributed by atoms with Gasteiger partial charge in [-0.1, -0.05) is 63.1 Å². The minimum absolute atomic E-state index is 0.0668. The van der Waals surface area contributed by atoms with Crippen molar-refractivity contribution in [3.8, 4) is 0 Å². The summed E-state index contributed by atoms with van der Waals surface area (Å²) in [4.78, 5) is 11.6. The molecule has 5 unspecified atom stereocenters. The molecule has 0 aromatic heterocycles. The molecular weight excluding hydrogens is 408 g/mol. The van der Waals surface area contributed by atoms with Gasteiger partial charge in [-0.2, -0.15) is 0 Å². The zero-order valence-electron chi connectivity index (χ0n) is 21.5. The van der Waals surface area contributed by atoms with Gasteiger partial charge in [0.05, 0.1) is 5.60 Å². The molecule has 0 spiro atoms. The normalized spacial score (nSPS) is 33.7. The highest BCUT2D eigenvalue weighted by Gasteiger charge is 2.50. The second-order valence-corrected chi connectivity index (χ2v) is 11.8. The van der Waals surface area contributed by atoms with Crippen molar-refractivity contribution >= 4 is 5.97 Å². The highest BCUT2D eigenvalue weighted by Crippen LogP contribution is 2.60. The fraction of sp³-hybridized carbons (Fsp3) is 0.700. The lowest BCUT2D eigenvalue weighted by molar-refractivity contribution is -0.143. The van der Waals surface area contributed by atoms with Crippen LogP contribution in [0.25, 0.3) is 0 Å². The number of fused-ring (bicyclic) bond motifs is 1. The highest BCUT2D eigenvalue weighted by atomic mass is 16.5. The summed E-state index contributed by atoms with van der Waals surface area (Å²) in [5, 5.41) is 10.1. The van der Waals surface area contributed by atoms with Gasteiger partial charge in [0.2, 0.25) is 0 Å². The van der Waals surface area contributed by atoms with Gasteiger partial charge in [-0.05, 0) is 94.0 Å². The topological polar surface area (TPSA) is 46.5 Å². The third-order valence-electron chi connectivity index (χ3n) is 8.79. The lowest BCUT2D eigenvalue weighted by Crippen LogP contribution is -2.36. The van der Waals surface area contributed by atoms with Crippen molar-refractivity contribution in [2.24, 2.45) is 23.2 Å². The van der Waals surface area contributed by atoms with Crippen LogP contribution in [0.3, 0.4) is 0 Å². The van der Waals surface area contributed by atoms with Gasteiger partial charge in [-0.15, -0.1) is 0 Å². The van der Waals surface area contributed by atoms with Crippen molar-refractivity contribution in [3.63, 3.8) is 0 Å². The average Bonchev–Trinajstić information content (AvgIpc) is 3.10. The molecule has 0 radical (unpaired) electrons. The summed E-state index contributed by atoms with van der Waals surface area (Å²) in [6.07, 6.45) is 18.0. The van der Waals surface area contributed by atoms with Gasteiger partial charge >= 0.3 is 5.97 Å². The number of hydrogen-bond donors (Lipinski definition) is 1. The number of hydrogen-bond acceptors (Lipinski definition) is 3. The minimum Gasteiger partial charge on any atom is -0.459 e. The Morgan fingerprint density at radius 2 is 2.03 bits per heavy atom. The van der Waals surface area contributed by atoms with Crippen molar-refractivity contribution in [2.75, 3.05) is 0 Å². The van der Waals surface area contributed by atoms with Gasteiger partial charge in [0.25, 0.3) is 0 Å². The molecule has 3 aliphatic rings. The van der Waals surface area contributed by atoms with E-state index in [1.54, 1.807) is 5.57 Å². The SMILES string of the molecule is C=CC(=O)OC1CCC(=C)C(=CC=C2CCCC3(C)C2CCC3C(C)CCCC(C)(C)O)C1. The molecule has 3 rings (SSSR count). The standard InChI is InChI=1S/C30H46O3/c1-7-28(31)33-25-15-12-21(2)24(20-25)14-13-23-11-9-19-30(6)26(16-17-27(23)30)22(3)10-8-18-29(4,5)32/h7,13-14,22,25-27,32H,1-2,8-12,15-20H2,3-6H3. The van der Waals surface area contributed by atoms with E-state index in [4.69, 9.17) is 4.74 Å². The molecule has 184 valence electrons. The molecule has 0 amide bonds. The molecule has 3 nitrogen and oxygen atoms in total. The summed E-state index contributed by atoms with van der Waals surface area (Å²) < 4.78 is 5.51. The van der Waals surface area contributed by atoms with Gasteiger partial charge < -0.3 is 9.84 Å². The second-order valence-electron chi connectivity index (χ2n) is 11.8. The van der Waals surface area contributed by atoms with Crippen LogP contribution in [0.1, 0.15) is 98.3 Å². The summed E-state index contributed by atoms with van der Waals surface area (Å²) >= 11 is 0. The lowest BCUT2D eigenvalue weighted by atomic mass is 9.60. The number of aliphatic hydroxyl groups is 1. The van der Waals surface area contributed by atoms with E-state index in [1.807, 2.05) is 13.8 Å². The maximum Gasteiger partial charge on any atom is 0.330 e. The molecule has 0 heterocycles. The smallest absolute Gasteiger partial charge is 0.330 e. The molecule has 3 aliphatic carbocycles. The molecule has 0 aliphatic heterocycles. The van der Waals surface area contributed by atoms with Gasteiger partial charge in [0.15, 0.2) is 0 Å². The molecule has 5 atom stereocenters. The van der Waals surface area contributed by atoms with Crippen LogP contribution in [-0.2, 0) is 9.53 Å². The van der Waals surface area contributed by atoms with Crippen LogP contribution in [0.4, 0.5) is 0 Å². The molecule has 3 fully saturated rings. The van der Waals surface area contributed by atoms with E-state index in [9.17, 15) is 9.90 Å². The van der Waals surface area contributed by atoms with Gasteiger partial charge in [-0.3, -0.25) is 0 Å². The summed E-state index contributed by atoms with van der Waals surface area (Å²) in [7, 11) is 0. The first kappa shape index (κ1) is 26.0. The van der Waals surface area contributed by atoms with E-state index < -0.39 is 5.60 Å². The number of carbonyl (C=O) groups excluding carboxylic acids is 1. The summed E-state index contributed by atoms with van der Waals surface area (Å²) in [5.41, 5.74) is 3.86. The van der Waals surface area contributed by atoms with Crippen molar-refractivity contribution in [1.82, 2.24) is 0 Å². The molecule has 1 N–H and O–H groups in total. The Morgan fingerprint density at radius 1 is 1.27 bits per heavy atom. The van der Waals surface area contributed by atoms with E-state index >= 15 is 0 Å². The van der Waals surface area contributed by atoms with Gasteiger partial charge in [0.1, 0.15) is 6.10 Å². The first-order valence-corrected chi connectivity index (χ1v) is 13.2. The Morgan fingerprint density at radius 3 is 2.73 bits per heavy atom. The van der Waals surface area contributed by atoms with E-state index in [1.165, 1.54) is 55.7 Å². The zero-order valence-corrected chi connectivity index (χ0v) is 21.5. The van der Waals surface area contributed by atoms with Gasteiger partial charge in [-0.25, -0.2) is 4.79 Å². The summed E-state index contributed by atoms with van der Waals surface area (Å²) in [6, 6.07) is 0. The average molecular weight is 455 g/mol. The van der Waals surface area contributed by atoms with E-state index in [-0.39, 0.29) is 12.1 Å². The Hall–Kier alpha value is -1.61. The zero-order chi connectivity index (χ0) is 24.2. The number of rotatable bonds is 8. The Kier molecular flexibility index (Phi) is 8.48. The molecule has 0 aromatic carbocycles. The Bertz CT molecular complexity index is 796. The third-order valence-corrected chi connectivity index (χ3v) is 8.79. The number of allylic oxidation sites excluding steroid dienone is 4. The van der Waals surface area contributed by atoms with Crippen LogP contribution in [-0.4, -0.2) is 22.8 Å². The van der Waals surface area contributed by atoms with Crippen LogP contribution in [0.5, 0.6) is 0 Å².